The van der Waals surface area contributed by atoms with E-state index in [9.17, 15) is 9.59 Å². The van der Waals surface area contributed by atoms with Crippen molar-refractivity contribution in [1.82, 2.24) is 5.32 Å². The molecule has 0 atom stereocenters. The Morgan fingerprint density at radius 1 is 0.879 bits per heavy atom. The van der Waals surface area contributed by atoms with Crippen LogP contribution in [0.4, 0.5) is 0 Å². The molecule has 192 valence electrons. The molecule has 0 amide bonds. The van der Waals surface area contributed by atoms with Crippen LogP contribution in [0, 0.1) is 0 Å². The van der Waals surface area contributed by atoms with Gasteiger partial charge in [-0.2, -0.15) is 0 Å². The minimum absolute atomic E-state index is 0.0267. The van der Waals surface area contributed by atoms with Gasteiger partial charge in [0, 0.05) is 32.7 Å². The maximum absolute atomic E-state index is 10.4. The number of carbonyl (C=O) groups is 2. The van der Waals surface area contributed by atoms with E-state index in [-0.39, 0.29) is 23.9 Å². The fourth-order valence-corrected chi connectivity index (χ4v) is 1.37. The third kappa shape index (κ3) is 31.0. The van der Waals surface area contributed by atoms with Gasteiger partial charge in [-0.1, -0.05) is 0 Å². The standard InChI is InChI=1S/C9H19N5O2.C5H9ClO2.C4H11N5/c1-7(15)16-6-4-5-12-8(10)13-9(11)14(2)3;1-5(7)8-4-2-3-6;1-9(2)4(7)8-3(5)6/h4-6H2,1-3H3,(H4,10,11,12,13);2-4H2,1H3;1-2H3,(H5,5,6,7,8)/p+2. The van der Waals surface area contributed by atoms with Crippen molar-refractivity contribution in [3.05, 3.63) is 0 Å². The summed E-state index contributed by atoms with van der Waals surface area (Å²) in [6, 6.07) is 0. The van der Waals surface area contributed by atoms with Crippen LogP contribution in [0.3, 0.4) is 0 Å². The minimum Gasteiger partial charge on any atom is -0.466 e. The van der Waals surface area contributed by atoms with Gasteiger partial charge in [-0.3, -0.25) is 30.2 Å². The molecule has 11 N–H and O–H groups in total. The average molecular weight is 497 g/mol. The number of carbonyl (C=O) groups excluding carboxylic acids is 2. The average Bonchev–Trinajstić information content (AvgIpc) is 2.67. The zero-order chi connectivity index (χ0) is 26.4. The summed E-state index contributed by atoms with van der Waals surface area (Å²) in [5.74, 6) is 0.953. The summed E-state index contributed by atoms with van der Waals surface area (Å²) < 4.78 is 12.6. The third-order valence-electron chi connectivity index (χ3n) is 2.91. The summed E-state index contributed by atoms with van der Waals surface area (Å²) in [6.07, 6.45) is 1.37. The summed E-state index contributed by atoms with van der Waals surface area (Å²) in [5, 5.41) is 2.72. The molecule has 0 rings (SSSR count). The van der Waals surface area contributed by atoms with Crippen molar-refractivity contribution in [2.45, 2.75) is 26.7 Å². The maximum atomic E-state index is 10.4. The first-order valence-corrected chi connectivity index (χ1v) is 10.4. The zero-order valence-electron chi connectivity index (χ0n) is 20.4. The van der Waals surface area contributed by atoms with Crippen molar-refractivity contribution in [3.8, 4) is 0 Å². The number of alkyl halides is 1. The Balaban J connectivity index is -0.000000449. The Bertz CT molecular complexity index is 696. The van der Waals surface area contributed by atoms with E-state index < -0.39 is 0 Å². The highest BCUT2D eigenvalue weighted by atomic mass is 35.5. The highest BCUT2D eigenvalue weighted by Gasteiger charge is 2.02. The molecule has 33 heavy (non-hydrogen) atoms. The van der Waals surface area contributed by atoms with E-state index in [0.717, 1.165) is 6.42 Å². The van der Waals surface area contributed by atoms with Gasteiger partial charge in [-0.25, -0.2) is 10.3 Å². The number of guanidine groups is 4. The molecule has 0 saturated heterocycles. The van der Waals surface area contributed by atoms with Crippen LogP contribution in [-0.2, 0) is 19.1 Å². The fraction of sp³-hybridized carbons (Fsp3) is 0.667. The first-order chi connectivity index (χ1) is 15.2. The van der Waals surface area contributed by atoms with E-state index in [2.05, 4.69) is 20.0 Å². The monoisotopic (exact) mass is 496 g/mol. The lowest BCUT2D eigenvalue weighted by Gasteiger charge is -2.01. The Morgan fingerprint density at radius 2 is 1.36 bits per heavy atom. The summed E-state index contributed by atoms with van der Waals surface area (Å²) in [6.45, 7) is 4.02. The fourth-order valence-electron chi connectivity index (χ4n) is 1.27. The molecule has 0 heterocycles. The molecule has 0 aromatic carbocycles. The summed E-state index contributed by atoms with van der Waals surface area (Å²) in [5.41, 5.74) is 26.5. The quantitative estimate of drug-likeness (QED) is 0.0540. The molecule has 0 aromatic heterocycles. The molecule has 0 saturated carbocycles. The van der Waals surface area contributed by atoms with Crippen LogP contribution in [0.5, 0.6) is 0 Å². The number of nitrogens with one attached hydrogen (secondary N) is 1. The van der Waals surface area contributed by atoms with Crippen molar-refractivity contribution in [1.29, 1.82) is 0 Å². The van der Waals surface area contributed by atoms with E-state index in [4.69, 9.17) is 45.0 Å². The van der Waals surface area contributed by atoms with E-state index in [1.54, 1.807) is 37.3 Å². The molecule has 0 bridgehead atoms. The van der Waals surface area contributed by atoms with Gasteiger partial charge in [0.25, 0.3) is 11.9 Å². The largest absolute Gasteiger partial charge is 0.466 e. The molecule has 15 heteroatoms. The Kier molecular flexibility index (Phi) is 22.8. The van der Waals surface area contributed by atoms with E-state index in [0.29, 0.717) is 44.0 Å². The van der Waals surface area contributed by atoms with Gasteiger partial charge in [-0.15, -0.1) is 11.6 Å². The van der Waals surface area contributed by atoms with Gasteiger partial charge in [-0.05, 0) is 11.4 Å². The number of ether oxygens (including phenoxy) is 2. The molecule has 0 spiro atoms. The van der Waals surface area contributed by atoms with E-state index >= 15 is 0 Å². The smallest absolute Gasteiger partial charge is 0.387 e. The van der Waals surface area contributed by atoms with Crippen molar-refractivity contribution in [3.63, 3.8) is 0 Å². The molecule has 0 aliphatic heterocycles. The van der Waals surface area contributed by atoms with E-state index in [1.807, 2.05) is 0 Å². The normalized spacial score (nSPS) is 9.61. The second-order valence-corrected chi connectivity index (χ2v) is 6.92. The van der Waals surface area contributed by atoms with Gasteiger partial charge in [0.15, 0.2) is 0 Å². The molecular weight excluding hydrogens is 456 g/mol. The highest BCUT2D eigenvalue weighted by Crippen LogP contribution is 1.86. The van der Waals surface area contributed by atoms with Gasteiger partial charge >= 0.3 is 23.9 Å². The number of nitrogens with zero attached hydrogens (tertiary/aromatic N) is 4. The first-order valence-electron chi connectivity index (χ1n) is 9.83. The summed E-state index contributed by atoms with van der Waals surface area (Å²) in [4.78, 5) is 28.1. The van der Waals surface area contributed by atoms with Crippen LogP contribution in [0.1, 0.15) is 26.7 Å². The van der Waals surface area contributed by atoms with Crippen LogP contribution >= 0.6 is 11.6 Å². The van der Waals surface area contributed by atoms with Crippen LogP contribution in [0.15, 0.2) is 9.98 Å². The zero-order valence-corrected chi connectivity index (χ0v) is 21.2. The maximum Gasteiger partial charge on any atom is 0.387 e. The first kappa shape index (κ1) is 34.3. The van der Waals surface area contributed by atoms with Crippen LogP contribution in [-0.4, -0.2) is 98.8 Å². The predicted molar refractivity (Wildman–Crippen MR) is 131 cm³/mol. The molecule has 0 aliphatic carbocycles. The van der Waals surface area contributed by atoms with Gasteiger partial charge in [0.1, 0.15) is 0 Å². The number of esters is 2. The molecule has 14 nitrogen and oxygen atoms in total. The van der Waals surface area contributed by atoms with Gasteiger partial charge in [0.2, 0.25) is 0 Å². The molecule has 0 fully saturated rings. The molecular formula is C18H41ClN10O4+2. The number of rotatable bonds is 7. The Labute approximate surface area is 200 Å². The second kappa shape index (κ2) is 21.9. The number of hydrogen-bond acceptors (Lipinski definition) is 5. The molecule has 0 unspecified atom stereocenters. The van der Waals surface area contributed by atoms with Gasteiger partial charge < -0.3 is 26.7 Å². The summed E-state index contributed by atoms with van der Waals surface area (Å²) in [7, 11) is 7.08. The number of halogens is 1. The summed E-state index contributed by atoms with van der Waals surface area (Å²) >= 11 is 5.29. The number of aliphatic imine (C=N–C) groups is 2. The second-order valence-electron chi connectivity index (χ2n) is 6.54. The molecule has 0 aliphatic rings. The Morgan fingerprint density at radius 3 is 1.70 bits per heavy atom. The lowest BCUT2D eigenvalue weighted by molar-refractivity contribution is -0.467. The van der Waals surface area contributed by atoms with Crippen molar-refractivity contribution in [2.75, 3.05) is 53.8 Å². The molecule has 0 radical (unpaired) electrons. The lowest BCUT2D eigenvalue weighted by atomic mass is 10.4. The third-order valence-corrected chi connectivity index (χ3v) is 3.18. The lowest BCUT2D eigenvalue weighted by Crippen LogP contribution is -2.45. The van der Waals surface area contributed by atoms with Crippen LogP contribution in [0.25, 0.3) is 0 Å². The topological polar surface area (TPSA) is 225 Å². The number of nitrogens with two attached hydrogens (primary N) is 5. The van der Waals surface area contributed by atoms with Crippen LogP contribution in [0.2, 0.25) is 0 Å². The van der Waals surface area contributed by atoms with Crippen molar-refractivity contribution in [2.24, 2.45) is 38.7 Å². The molecule has 0 aromatic rings. The van der Waals surface area contributed by atoms with Crippen LogP contribution < -0.4 is 34.0 Å². The van der Waals surface area contributed by atoms with Crippen molar-refractivity contribution >= 4 is 47.4 Å². The highest BCUT2D eigenvalue weighted by molar-refractivity contribution is 6.17. The minimum atomic E-state index is -0.291. The SMILES string of the molecule is CC(=O)OCCCCl.CC(=O)OCCCN=C(N)NC(N)=[N+](C)C.C[N+](C)=C(N)N=C(N)N. The number of hydrogen-bond donors (Lipinski definition) is 6. The van der Waals surface area contributed by atoms with Gasteiger partial charge in [0.05, 0.1) is 41.4 Å². The Hall–Kier alpha value is -3.29. The predicted octanol–water partition coefficient (Wildman–Crippen LogP) is -2.54. The van der Waals surface area contributed by atoms with E-state index in [1.165, 1.54) is 13.8 Å². The van der Waals surface area contributed by atoms with Crippen molar-refractivity contribution < 1.29 is 28.2 Å².